The Bertz CT molecular complexity index is 258. The Morgan fingerprint density at radius 2 is 1.76 bits per heavy atom. The molecular formula is C15H26N2. The van der Waals surface area contributed by atoms with Crippen LogP contribution in [0.4, 0.5) is 0 Å². The summed E-state index contributed by atoms with van der Waals surface area (Å²) >= 11 is 0. The molecule has 0 unspecified atom stereocenters. The summed E-state index contributed by atoms with van der Waals surface area (Å²) in [5.41, 5.74) is 1.17. The molecule has 0 N–H and O–H groups in total. The van der Waals surface area contributed by atoms with Gasteiger partial charge in [0, 0.05) is 38.8 Å². The second-order valence-electron chi connectivity index (χ2n) is 5.43. The highest BCUT2D eigenvalue weighted by Crippen LogP contribution is 2.24. The van der Waals surface area contributed by atoms with E-state index in [0.29, 0.717) is 0 Å². The summed E-state index contributed by atoms with van der Waals surface area (Å²) in [6, 6.07) is 0.903. The number of nitrogens with zero attached hydrogens (tertiary/aromatic N) is 2. The van der Waals surface area contributed by atoms with E-state index in [4.69, 9.17) is 0 Å². The van der Waals surface area contributed by atoms with Crippen molar-refractivity contribution >= 4 is 0 Å². The average molecular weight is 234 g/mol. The quantitative estimate of drug-likeness (QED) is 0.675. The zero-order chi connectivity index (χ0) is 12.1. The van der Waals surface area contributed by atoms with Crippen LogP contribution < -0.4 is 0 Å². The molecular weight excluding hydrogens is 208 g/mol. The van der Waals surface area contributed by atoms with Crippen molar-refractivity contribution in [1.29, 1.82) is 0 Å². The van der Waals surface area contributed by atoms with E-state index < -0.39 is 0 Å². The highest BCUT2D eigenvalue weighted by atomic mass is 15.3. The topological polar surface area (TPSA) is 6.48 Å². The Morgan fingerprint density at radius 3 is 2.35 bits per heavy atom. The molecule has 0 bridgehead atoms. The number of piperazine rings is 1. The van der Waals surface area contributed by atoms with Crippen molar-refractivity contribution in [3.8, 4) is 0 Å². The number of hydrogen-bond acceptors (Lipinski definition) is 2. The molecule has 0 spiro atoms. The van der Waals surface area contributed by atoms with Crippen LogP contribution >= 0.6 is 0 Å². The van der Waals surface area contributed by atoms with Gasteiger partial charge >= 0.3 is 0 Å². The molecule has 2 nitrogen and oxygen atoms in total. The highest BCUT2D eigenvalue weighted by molar-refractivity contribution is 5.10. The minimum Gasteiger partial charge on any atom is -0.300 e. The lowest BCUT2D eigenvalue weighted by atomic mass is 10.1. The smallest absolute Gasteiger partial charge is 0.0113 e. The van der Waals surface area contributed by atoms with E-state index >= 15 is 0 Å². The van der Waals surface area contributed by atoms with Gasteiger partial charge < -0.3 is 4.90 Å². The third-order valence-corrected chi connectivity index (χ3v) is 4.29. The van der Waals surface area contributed by atoms with Crippen LogP contribution in [0.5, 0.6) is 0 Å². The van der Waals surface area contributed by atoms with Gasteiger partial charge in [-0.2, -0.15) is 0 Å². The van der Waals surface area contributed by atoms with Crippen molar-refractivity contribution in [3.05, 3.63) is 24.8 Å². The minimum absolute atomic E-state index is 0.903. The van der Waals surface area contributed by atoms with E-state index in [2.05, 4.69) is 23.0 Å². The Kier molecular flexibility index (Phi) is 4.81. The monoisotopic (exact) mass is 234 g/mol. The van der Waals surface area contributed by atoms with Crippen LogP contribution in [0.15, 0.2) is 24.8 Å². The lowest BCUT2D eigenvalue weighted by molar-refractivity contribution is 0.0988. The summed E-state index contributed by atoms with van der Waals surface area (Å²) in [5, 5.41) is 0. The van der Waals surface area contributed by atoms with Crippen LogP contribution in [0.3, 0.4) is 0 Å². The molecule has 96 valence electrons. The summed E-state index contributed by atoms with van der Waals surface area (Å²) < 4.78 is 0. The summed E-state index contributed by atoms with van der Waals surface area (Å²) in [6.45, 7) is 13.9. The molecule has 2 aliphatic rings. The van der Waals surface area contributed by atoms with Crippen LogP contribution in [-0.2, 0) is 0 Å². The third kappa shape index (κ3) is 3.68. The number of rotatable bonds is 5. The molecule has 2 fully saturated rings. The summed E-state index contributed by atoms with van der Waals surface area (Å²) in [6.07, 6.45) is 8.73. The number of allylic oxidation sites excluding steroid dienone is 1. The normalized spacial score (nSPS) is 24.0. The minimum atomic E-state index is 0.903. The van der Waals surface area contributed by atoms with E-state index in [0.717, 1.165) is 19.0 Å². The van der Waals surface area contributed by atoms with E-state index in [-0.39, 0.29) is 0 Å². The van der Waals surface area contributed by atoms with Gasteiger partial charge in [-0.15, -0.1) is 0 Å². The SMILES string of the molecule is C=CC(=C)CCN1CCN(C2CCCC2)CC1. The Labute approximate surface area is 106 Å². The van der Waals surface area contributed by atoms with E-state index in [9.17, 15) is 0 Å². The Morgan fingerprint density at radius 1 is 1.12 bits per heavy atom. The van der Waals surface area contributed by atoms with Gasteiger partial charge in [0.05, 0.1) is 0 Å². The first kappa shape index (κ1) is 12.8. The van der Waals surface area contributed by atoms with Gasteiger partial charge in [-0.1, -0.05) is 37.6 Å². The fraction of sp³-hybridized carbons (Fsp3) is 0.733. The van der Waals surface area contributed by atoms with Crippen molar-refractivity contribution < 1.29 is 0 Å². The summed E-state index contributed by atoms with van der Waals surface area (Å²) in [5.74, 6) is 0. The van der Waals surface area contributed by atoms with E-state index in [1.165, 1.54) is 57.4 Å². The number of hydrogen-bond donors (Lipinski definition) is 0. The van der Waals surface area contributed by atoms with Gasteiger partial charge in [-0.05, 0) is 19.3 Å². The molecule has 2 rings (SSSR count). The average Bonchev–Trinajstić information content (AvgIpc) is 2.90. The van der Waals surface area contributed by atoms with E-state index in [1.807, 2.05) is 6.08 Å². The lowest BCUT2D eigenvalue weighted by Crippen LogP contribution is -2.49. The maximum absolute atomic E-state index is 3.98. The van der Waals surface area contributed by atoms with Crippen molar-refractivity contribution in [2.24, 2.45) is 0 Å². The molecule has 0 aromatic rings. The molecule has 0 amide bonds. The maximum atomic E-state index is 3.98. The molecule has 2 heteroatoms. The van der Waals surface area contributed by atoms with Gasteiger partial charge in [-0.3, -0.25) is 4.90 Å². The zero-order valence-electron chi connectivity index (χ0n) is 11.0. The maximum Gasteiger partial charge on any atom is 0.0113 e. The first-order valence-corrected chi connectivity index (χ1v) is 7.06. The van der Waals surface area contributed by atoms with Crippen molar-refractivity contribution in [1.82, 2.24) is 9.80 Å². The molecule has 1 aliphatic heterocycles. The van der Waals surface area contributed by atoms with Crippen LogP contribution in [0.25, 0.3) is 0 Å². The molecule has 0 aromatic heterocycles. The molecule has 1 saturated heterocycles. The van der Waals surface area contributed by atoms with Crippen LogP contribution in [0.2, 0.25) is 0 Å². The standard InChI is InChI=1S/C15H26N2/c1-3-14(2)8-9-16-10-12-17(13-11-16)15-6-4-5-7-15/h3,15H,1-2,4-13H2. The highest BCUT2D eigenvalue weighted by Gasteiger charge is 2.25. The summed E-state index contributed by atoms with van der Waals surface area (Å²) in [7, 11) is 0. The van der Waals surface area contributed by atoms with Crippen molar-refractivity contribution in [3.63, 3.8) is 0 Å². The predicted octanol–water partition coefficient (Wildman–Crippen LogP) is 2.68. The zero-order valence-corrected chi connectivity index (χ0v) is 11.0. The molecule has 1 aliphatic carbocycles. The molecule has 1 heterocycles. The van der Waals surface area contributed by atoms with Crippen LogP contribution in [0, 0.1) is 0 Å². The summed E-state index contributed by atoms with van der Waals surface area (Å²) in [4.78, 5) is 5.28. The van der Waals surface area contributed by atoms with Crippen LogP contribution in [0.1, 0.15) is 32.1 Å². The molecule has 0 aromatic carbocycles. The second-order valence-corrected chi connectivity index (χ2v) is 5.43. The van der Waals surface area contributed by atoms with Crippen LogP contribution in [-0.4, -0.2) is 48.6 Å². The van der Waals surface area contributed by atoms with Crippen molar-refractivity contribution in [2.45, 2.75) is 38.1 Å². The fourth-order valence-corrected chi connectivity index (χ4v) is 3.03. The fourth-order valence-electron chi connectivity index (χ4n) is 3.03. The molecule has 0 atom stereocenters. The largest absolute Gasteiger partial charge is 0.300 e. The second kappa shape index (κ2) is 6.36. The van der Waals surface area contributed by atoms with E-state index in [1.54, 1.807) is 0 Å². The molecule has 1 saturated carbocycles. The van der Waals surface area contributed by atoms with Gasteiger partial charge in [0.2, 0.25) is 0 Å². The molecule has 17 heavy (non-hydrogen) atoms. The lowest BCUT2D eigenvalue weighted by Gasteiger charge is -2.38. The van der Waals surface area contributed by atoms with Crippen molar-refractivity contribution in [2.75, 3.05) is 32.7 Å². The third-order valence-electron chi connectivity index (χ3n) is 4.29. The predicted molar refractivity (Wildman–Crippen MR) is 74.2 cm³/mol. The van der Waals surface area contributed by atoms with Gasteiger partial charge in [-0.25, -0.2) is 0 Å². The molecule has 0 radical (unpaired) electrons. The van der Waals surface area contributed by atoms with Gasteiger partial charge in [0.1, 0.15) is 0 Å². The first-order chi connectivity index (χ1) is 8.29. The Hall–Kier alpha value is -0.600. The van der Waals surface area contributed by atoms with Gasteiger partial charge in [0.15, 0.2) is 0 Å². The van der Waals surface area contributed by atoms with Gasteiger partial charge in [0.25, 0.3) is 0 Å². The Balaban J connectivity index is 1.66. The first-order valence-electron chi connectivity index (χ1n) is 7.06.